The van der Waals surface area contributed by atoms with E-state index in [-0.39, 0.29) is 24.4 Å². The molecule has 2 N–H and O–H groups in total. The fraction of sp³-hybridized carbons (Fsp3) is 0.632. The van der Waals surface area contributed by atoms with E-state index in [1.165, 1.54) is 19.3 Å². The van der Waals surface area contributed by atoms with Crippen LogP contribution in [0.2, 0.25) is 0 Å². The van der Waals surface area contributed by atoms with Gasteiger partial charge >= 0.3 is 0 Å². The van der Waals surface area contributed by atoms with Crippen molar-refractivity contribution in [3.05, 3.63) is 29.8 Å². The molecule has 2 unspecified atom stereocenters. The highest BCUT2D eigenvalue weighted by atomic mass is 35.5. The van der Waals surface area contributed by atoms with Crippen LogP contribution in [0.4, 0.5) is 0 Å². The molecule has 1 saturated carbocycles. The number of halogens is 1. The summed E-state index contributed by atoms with van der Waals surface area (Å²) in [6.07, 6.45) is 7.36. The molecule has 1 saturated heterocycles. The Labute approximate surface area is 151 Å². The largest absolute Gasteiger partial charge is 0.490 e. The van der Waals surface area contributed by atoms with Crippen LogP contribution in [0.15, 0.2) is 24.3 Å². The Morgan fingerprint density at radius 3 is 2.71 bits per heavy atom. The molecule has 1 aromatic rings. The topological polar surface area (TPSA) is 55.6 Å². The maximum atomic E-state index is 12.8. The molecule has 4 nitrogen and oxygen atoms in total. The van der Waals surface area contributed by atoms with Gasteiger partial charge in [0.2, 0.25) is 0 Å². The summed E-state index contributed by atoms with van der Waals surface area (Å²) in [4.78, 5) is 14.7. The predicted octanol–water partition coefficient (Wildman–Crippen LogP) is 3.63. The molecule has 0 radical (unpaired) electrons. The second-order valence-corrected chi connectivity index (χ2v) is 7.05. The standard InChI is InChI=1S/C19H28N2O2.ClH/c1-14-10-15(12-20)13-21(14)19(22)16-6-5-9-18(11-16)23-17-7-3-2-4-8-17;/h5-6,9,11,14-15,17H,2-4,7-8,10,12-13,20H2,1H3;1H. The summed E-state index contributed by atoms with van der Waals surface area (Å²) in [5.74, 6) is 1.35. The third kappa shape index (κ3) is 4.42. The van der Waals surface area contributed by atoms with Crippen LogP contribution in [0, 0.1) is 5.92 Å². The van der Waals surface area contributed by atoms with Crippen molar-refractivity contribution in [3.63, 3.8) is 0 Å². The average molecular weight is 353 g/mol. The van der Waals surface area contributed by atoms with Crippen LogP contribution in [0.3, 0.4) is 0 Å². The molecule has 24 heavy (non-hydrogen) atoms. The minimum atomic E-state index is 0. The Morgan fingerprint density at radius 2 is 2.04 bits per heavy atom. The summed E-state index contributed by atoms with van der Waals surface area (Å²) in [6, 6.07) is 7.94. The summed E-state index contributed by atoms with van der Waals surface area (Å²) in [5, 5.41) is 0. The monoisotopic (exact) mass is 352 g/mol. The Morgan fingerprint density at radius 1 is 1.29 bits per heavy atom. The number of benzene rings is 1. The number of carbonyl (C=O) groups excluding carboxylic acids is 1. The van der Waals surface area contributed by atoms with Crippen molar-refractivity contribution >= 4 is 18.3 Å². The van der Waals surface area contributed by atoms with Crippen LogP contribution < -0.4 is 10.5 Å². The maximum absolute atomic E-state index is 12.8. The molecule has 0 aromatic heterocycles. The Balaban J connectivity index is 0.00000208. The van der Waals surface area contributed by atoms with E-state index < -0.39 is 0 Å². The minimum absolute atomic E-state index is 0. The van der Waals surface area contributed by atoms with Crippen molar-refractivity contribution < 1.29 is 9.53 Å². The third-order valence-electron chi connectivity index (χ3n) is 5.19. The van der Waals surface area contributed by atoms with E-state index in [1.807, 2.05) is 29.2 Å². The first-order valence-corrected chi connectivity index (χ1v) is 8.95. The zero-order valence-electron chi connectivity index (χ0n) is 14.4. The Hall–Kier alpha value is -1.26. The van der Waals surface area contributed by atoms with Gasteiger partial charge in [-0.2, -0.15) is 0 Å². The Bertz CT molecular complexity index is 546. The van der Waals surface area contributed by atoms with Gasteiger partial charge in [-0.25, -0.2) is 0 Å². The lowest BCUT2D eigenvalue weighted by molar-refractivity contribution is 0.0742. The van der Waals surface area contributed by atoms with Gasteiger partial charge in [-0.05, 0) is 69.7 Å². The number of nitrogens with two attached hydrogens (primary N) is 1. The van der Waals surface area contributed by atoms with Crippen molar-refractivity contribution in [3.8, 4) is 5.75 Å². The van der Waals surface area contributed by atoms with E-state index in [2.05, 4.69) is 6.92 Å². The third-order valence-corrected chi connectivity index (χ3v) is 5.19. The highest BCUT2D eigenvalue weighted by Gasteiger charge is 2.32. The maximum Gasteiger partial charge on any atom is 0.254 e. The van der Waals surface area contributed by atoms with E-state index in [1.54, 1.807) is 0 Å². The lowest BCUT2D eigenvalue weighted by Gasteiger charge is -2.24. The molecular formula is C19H29ClN2O2. The van der Waals surface area contributed by atoms with E-state index >= 15 is 0 Å². The smallest absolute Gasteiger partial charge is 0.254 e. The molecule has 2 aliphatic rings. The first kappa shape index (κ1) is 19.1. The predicted molar refractivity (Wildman–Crippen MR) is 98.9 cm³/mol. The molecule has 1 aliphatic carbocycles. The van der Waals surface area contributed by atoms with E-state index in [0.717, 1.165) is 37.1 Å². The molecule has 1 amide bonds. The van der Waals surface area contributed by atoms with Crippen molar-refractivity contribution in [1.29, 1.82) is 0 Å². The highest BCUT2D eigenvalue weighted by molar-refractivity contribution is 5.95. The van der Waals surface area contributed by atoms with E-state index in [4.69, 9.17) is 10.5 Å². The summed E-state index contributed by atoms with van der Waals surface area (Å²) in [5.41, 5.74) is 6.49. The first-order chi connectivity index (χ1) is 11.2. The number of rotatable bonds is 4. The van der Waals surface area contributed by atoms with Crippen LogP contribution >= 0.6 is 12.4 Å². The lowest BCUT2D eigenvalue weighted by atomic mass is 9.98. The number of nitrogens with zero attached hydrogens (tertiary/aromatic N) is 1. The second kappa shape index (κ2) is 8.72. The molecule has 1 heterocycles. The molecule has 1 aromatic carbocycles. The van der Waals surface area contributed by atoms with Crippen molar-refractivity contribution in [2.24, 2.45) is 11.7 Å². The number of hydrogen-bond acceptors (Lipinski definition) is 3. The van der Waals surface area contributed by atoms with Gasteiger partial charge in [-0.3, -0.25) is 4.79 Å². The van der Waals surface area contributed by atoms with Gasteiger partial charge in [0.1, 0.15) is 5.75 Å². The number of likely N-dealkylation sites (tertiary alicyclic amines) is 1. The number of ether oxygens (including phenoxy) is 1. The molecule has 2 atom stereocenters. The fourth-order valence-corrected chi connectivity index (χ4v) is 3.84. The molecule has 5 heteroatoms. The molecule has 0 bridgehead atoms. The zero-order chi connectivity index (χ0) is 16.2. The van der Waals surface area contributed by atoms with Gasteiger partial charge < -0.3 is 15.4 Å². The zero-order valence-corrected chi connectivity index (χ0v) is 15.3. The summed E-state index contributed by atoms with van der Waals surface area (Å²) >= 11 is 0. The van der Waals surface area contributed by atoms with E-state index in [0.29, 0.717) is 18.6 Å². The molecule has 134 valence electrons. The van der Waals surface area contributed by atoms with Crippen molar-refractivity contribution in [2.45, 2.75) is 57.6 Å². The SMILES string of the molecule is CC1CC(CN)CN1C(=O)c1cccc(OC2CCCCC2)c1.Cl. The number of hydrogen-bond donors (Lipinski definition) is 1. The first-order valence-electron chi connectivity index (χ1n) is 8.95. The minimum Gasteiger partial charge on any atom is -0.490 e. The van der Waals surface area contributed by atoms with E-state index in [9.17, 15) is 4.79 Å². The van der Waals surface area contributed by atoms with Gasteiger partial charge in [0.25, 0.3) is 5.91 Å². The van der Waals surface area contributed by atoms with Gasteiger partial charge in [-0.1, -0.05) is 12.5 Å². The van der Waals surface area contributed by atoms with Crippen LogP contribution in [-0.4, -0.2) is 36.0 Å². The van der Waals surface area contributed by atoms with Gasteiger partial charge in [0, 0.05) is 18.2 Å². The van der Waals surface area contributed by atoms with Crippen molar-refractivity contribution in [2.75, 3.05) is 13.1 Å². The quantitative estimate of drug-likeness (QED) is 0.900. The molecule has 2 fully saturated rings. The van der Waals surface area contributed by atoms with Gasteiger partial charge in [0.05, 0.1) is 6.10 Å². The van der Waals surface area contributed by atoms with Gasteiger partial charge in [0.15, 0.2) is 0 Å². The average Bonchev–Trinajstić information content (AvgIpc) is 2.96. The van der Waals surface area contributed by atoms with Gasteiger partial charge in [-0.15, -0.1) is 12.4 Å². The summed E-state index contributed by atoms with van der Waals surface area (Å²) in [6.45, 7) is 3.53. The van der Waals surface area contributed by atoms with Crippen molar-refractivity contribution in [1.82, 2.24) is 4.90 Å². The lowest BCUT2D eigenvalue weighted by Crippen LogP contribution is -2.34. The van der Waals surface area contributed by atoms with Crippen LogP contribution in [0.5, 0.6) is 5.75 Å². The molecule has 1 aliphatic heterocycles. The fourth-order valence-electron chi connectivity index (χ4n) is 3.84. The number of carbonyl (C=O) groups is 1. The molecular weight excluding hydrogens is 324 g/mol. The summed E-state index contributed by atoms with van der Waals surface area (Å²) < 4.78 is 6.09. The molecule has 3 rings (SSSR count). The summed E-state index contributed by atoms with van der Waals surface area (Å²) in [7, 11) is 0. The highest BCUT2D eigenvalue weighted by Crippen LogP contribution is 2.27. The molecule has 0 spiro atoms. The number of amides is 1. The van der Waals surface area contributed by atoms with Crippen LogP contribution in [0.1, 0.15) is 55.8 Å². The van der Waals surface area contributed by atoms with Crippen LogP contribution in [0.25, 0.3) is 0 Å². The van der Waals surface area contributed by atoms with Crippen LogP contribution in [-0.2, 0) is 0 Å². The second-order valence-electron chi connectivity index (χ2n) is 7.05. The Kier molecular flexibility index (Phi) is 6.93. The normalized spacial score (nSPS) is 24.5.